The molecule has 1 saturated heterocycles. The van der Waals surface area contributed by atoms with E-state index in [4.69, 9.17) is 4.74 Å². The van der Waals surface area contributed by atoms with Gasteiger partial charge in [0.25, 0.3) is 5.91 Å². The molecule has 4 rings (SSSR count). The summed E-state index contributed by atoms with van der Waals surface area (Å²) in [6, 6.07) is 14.0. The van der Waals surface area contributed by atoms with Crippen molar-refractivity contribution in [2.45, 2.75) is 31.7 Å². The first-order valence-electron chi connectivity index (χ1n) is 9.79. The molecule has 1 fully saturated rings. The van der Waals surface area contributed by atoms with Crippen LogP contribution in [-0.2, 0) is 32.2 Å². The number of nitrogens with zero attached hydrogens (tertiary/aromatic N) is 1. The van der Waals surface area contributed by atoms with Gasteiger partial charge in [0.1, 0.15) is 0 Å². The predicted molar refractivity (Wildman–Crippen MR) is 110 cm³/mol. The van der Waals surface area contributed by atoms with Crippen molar-refractivity contribution in [3.63, 3.8) is 0 Å². The first kappa shape index (κ1) is 19.6. The molecule has 2 aliphatic rings. The van der Waals surface area contributed by atoms with Gasteiger partial charge < -0.3 is 9.64 Å². The summed E-state index contributed by atoms with van der Waals surface area (Å²) in [5.41, 5.74) is 3.46. The predicted octanol–water partition coefficient (Wildman–Crippen LogP) is 2.55. The van der Waals surface area contributed by atoms with Crippen LogP contribution in [0.3, 0.4) is 0 Å². The average molecular weight is 413 g/mol. The maximum atomic E-state index is 12.9. The largest absolute Gasteiger partial charge is 0.452 e. The normalized spacial score (nSPS) is 19.5. The molecular formula is C22H23NO5S. The molecule has 0 spiro atoms. The number of ether oxygens (including phenoxy) is 1. The Hall–Kier alpha value is -2.67. The molecule has 6 nitrogen and oxygen atoms in total. The van der Waals surface area contributed by atoms with E-state index < -0.39 is 34.4 Å². The number of aryl methyl sites for hydroxylation is 2. The standard InChI is InChI=1S/C22H23NO5S/c24-21(14-28-22(25)18-10-9-16-5-4-6-17(16)13-18)23(19-7-2-1-3-8-19)20-11-12-29(26,27)15-20/h1-3,7-10,13,20H,4-6,11-12,14-15H2/t20-/m1/s1. The van der Waals surface area contributed by atoms with Gasteiger partial charge in [0.15, 0.2) is 16.4 Å². The minimum Gasteiger partial charge on any atom is -0.452 e. The minimum absolute atomic E-state index is 0.0587. The van der Waals surface area contributed by atoms with Crippen LogP contribution < -0.4 is 4.90 Å². The summed E-state index contributed by atoms with van der Waals surface area (Å²) >= 11 is 0. The van der Waals surface area contributed by atoms with Crippen LogP contribution in [0.5, 0.6) is 0 Å². The number of sulfone groups is 1. The first-order valence-corrected chi connectivity index (χ1v) is 11.6. The molecule has 0 radical (unpaired) electrons. The molecule has 0 aromatic heterocycles. The number of esters is 1. The lowest BCUT2D eigenvalue weighted by Crippen LogP contribution is -2.43. The molecule has 1 aliphatic carbocycles. The number of para-hydroxylation sites is 1. The third kappa shape index (κ3) is 4.34. The van der Waals surface area contributed by atoms with Gasteiger partial charge in [0.2, 0.25) is 0 Å². The lowest BCUT2D eigenvalue weighted by Gasteiger charge is -2.28. The Bertz CT molecular complexity index is 1030. The Morgan fingerprint density at radius 2 is 1.79 bits per heavy atom. The lowest BCUT2D eigenvalue weighted by atomic mass is 10.1. The summed E-state index contributed by atoms with van der Waals surface area (Å²) in [5.74, 6) is -0.983. The van der Waals surface area contributed by atoms with Crippen LogP contribution in [0.4, 0.5) is 5.69 Å². The van der Waals surface area contributed by atoms with Crippen molar-refractivity contribution in [1.82, 2.24) is 0 Å². The molecule has 152 valence electrons. The molecular weight excluding hydrogens is 390 g/mol. The fourth-order valence-corrected chi connectivity index (χ4v) is 5.80. The smallest absolute Gasteiger partial charge is 0.338 e. The van der Waals surface area contributed by atoms with Gasteiger partial charge in [0, 0.05) is 5.69 Å². The number of benzene rings is 2. The number of anilines is 1. The first-order chi connectivity index (χ1) is 13.9. The molecule has 1 heterocycles. The summed E-state index contributed by atoms with van der Waals surface area (Å²) in [7, 11) is -3.16. The summed E-state index contributed by atoms with van der Waals surface area (Å²) in [6.45, 7) is -0.429. The van der Waals surface area contributed by atoms with Crippen molar-refractivity contribution in [3.8, 4) is 0 Å². The maximum absolute atomic E-state index is 12.9. The van der Waals surface area contributed by atoms with Gasteiger partial charge in [-0.2, -0.15) is 0 Å². The van der Waals surface area contributed by atoms with Crippen LogP contribution >= 0.6 is 0 Å². The highest BCUT2D eigenvalue weighted by Gasteiger charge is 2.35. The van der Waals surface area contributed by atoms with E-state index in [0.717, 1.165) is 24.8 Å². The van der Waals surface area contributed by atoms with E-state index in [1.54, 1.807) is 30.3 Å². The quantitative estimate of drug-likeness (QED) is 0.704. The molecule has 0 N–H and O–H groups in total. The van der Waals surface area contributed by atoms with Gasteiger partial charge >= 0.3 is 5.97 Å². The number of carbonyl (C=O) groups is 2. The molecule has 1 atom stereocenters. The number of rotatable bonds is 5. The second kappa shape index (κ2) is 7.99. The zero-order chi connectivity index (χ0) is 20.4. The molecule has 2 aromatic rings. The number of carbonyl (C=O) groups excluding carboxylic acids is 2. The molecule has 2 aromatic carbocycles. The average Bonchev–Trinajstić information content (AvgIpc) is 3.32. The summed E-state index contributed by atoms with van der Waals surface area (Å²) in [5, 5.41) is 0. The van der Waals surface area contributed by atoms with Crippen LogP contribution in [0.15, 0.2) is 48.5 Å². The number of amides is 1. The number of fused-ring (bicyclic) bond motifs is 1. The van der Waals surface area contributed by atoms with Gasteiger partial charge in [-0.25, -0.2) is 13.2 Å². The highest BCUT2D eigenvalue weighted by molar-refractivity contribution is 7.91. The topological polar surface area (TPSA) is 80.8 Å². The van der Waals surface area contributed by atoms with Gasteiger partial charge in [0.05, 0.1) is 23.1 Å². The second-order valence-electron chi connectivity index (χ2n) is 7.57. The zero-order valence-corrected chi connectivity index (χ0v) is 16.9. The van der Waals surface area contributed by atoms with Crippen molar-refractivity contribution in [1.29, 1.82) is 0 Å². The van der Waals surface area contributed by atoms with Crippen molar-refractivity contribution in [3.05, 3.63) is 65.2 Å². The Labute approximate surface area is 170 Å². The molecule has 29 heavy (non-hydrogen) atoms. The van der Waals surface area contributed by atoms with E-state index >= 15 is 0 Å². The third-order valence-electron chi connectivity index (χ3n) is 5.54. The van der Waals surface area contributed by atoms with Crippen molar-refractivity contribution in [2.75, 3.05) is 23.0 Å². The zero-order valence-electron chi connectivity index (χ0n) is 16.0. The minimum atomic E-state index is -3.16. The van der Waals surface area contributed by atoms with Crippen molar-refractivity contribution >= 4 is 27.4 Å². The third-order valence-corrected chi connectivity index (χ3v) is 7.29. The van der Waals surface area contributed by atoms with Gasteiger partial charge in [-0.05, 0) is 61.1 Å². The highest BCUT2D eigenvalue weighted by atomic mass is 32.2. The summed E-state index contributed by atoms with van der Waals surface area (Å²) < 4.78 is 29.1. The highest BCUT2D eigenvalue weighted by Crippen LogP contribution is 2.25. The van der Waals surface area contributed by atoms with E-state index in [9.17, 15) is 18.0 Å². The maximum Gasteiger partial charge on any atom is 0.338 e. The summed E-state index contributed by atoms with van der Waals surface area (Å²) in [4.78, 5) is 26.8. The molecule has 7 heteroatoms. The monoisotopic (exact) mass is 413 g/mol. The molecule has 0 saturated carbocycles. The van der Waals surface area contributed by atoms with Crippen LogP contribution in [-0.4, -0.2) is 44.4 Å². The van der Waals surface area contributed by atoms with E-state index in [-0.39, 0.29) is 11.5 Å². The number of hydrogen-bond acceptors (Lipinski definition) is 5. The Morgan fingerprint density at radius 3 is 2.52 bits per heavy atom. The summed E-state index contributed by atoms with van der Waals surface area (Å²) in [6.07, 6.45) is 3.44. The van der Waals surface area contributed by atoms with Crippen LogP contribution in [0.25, 0.3) is 0 Å². The SMILES string of the molecule is O=C(OCC(=O)N(c1ccccc1)[C@@H]1CCS(=O)(=O)C1)c1ccc2c(c1)CCC2. The Balaban J connectivity index is 1.47. The van der Waals surface area contributed by atoms with Gasteiger partial charge in [-0.3, -0.25) is 4.79 Å². The Morgan fingerprint density at radius 1 is 1.03 bits per heavy atom. The fraction of sp³-hybridized carbons (Fsp3) is 0.364. The Kier molecular flexibility index (Phi) is 5.41. The van der Waals surface area contributed by atoms with Crippen molar-refractivity contribution < 1.29 is 22.7 Å². The van der Waals surface area contributed by atoms with Crippen LogP contribution in [0.1, 0.15) is 34.3 Å². The van der Waals surface area contributed by atoms with Gasteiger partial charge in [-0.1, -0.05) is 24.3 Å². The van der Waals surface area contributed by atoms with Crippen molar-refractivity contribution in [2.24, 2.45) is 0 Å². The fourth-order valence-electron chi connectivity index (χ4n) is 4.11. The molecule has 0 unspecified atom stereocenters. The van der Waals surface area contributed by atoms with E-state index in [2.05, 4.69) is 0 Å². The van der Waals surface area contributed by atoms with E-state index in [1.807, 2.05) is 18.2 Å². The molecule has 1 amide bonds. The van der Waals surface area contributed by atoms with E-state index in [1.165, 1.54) is 10.5 Å². The lowest BCUT2D eigenvalue weighted by molar-refractivity contribution is -0.122. The van der Waals surface area contributed by atoms with E-state index in [0.29, 0.717) is 17.7 Å². The number of hydrogen-bond donors (Lipinski definition) is 0. The van der Waals surface area contributed by atoms with Crippen LogP contribution in [0, 0.1) is 0 Å². The van der Waals surface area contributed by atoms with Gasteiger partial charge in [-0.15, -0.1) is 0 Å². The molecule has 0 bridgehead atoms. The second-order valence-corrected chi connectivity index (χ2v) is 9.80. The molecule has 1 aliphatic heterocycles. The van der Waals surface area contributed by atoms with Crippen LogP contribution in [0.2, 0.25) is 0 Å².